The maximum absolute atomic E-state index is 5.65. The lowest BCUT2D eigenvalue weighted by Crippen LogP contribution is -2.12. The minimum atomic E-state index is 0.517. The second-order valence-corrected chi connectivity index (χ2v) is 4.32. The molecule has 0 saturated heterocycles. The summed E-state index contributed by atoms with van der Waals surface area (Å²) in [4.78, 5) is 12.9. The van der Waals surface area contributed by atoms with Gasteiger partial charge < -0.3 is 10.2 Å². The van der Waals surface area contributed by atoms with Gasteiger partial charge in [0.15, 0.2) is 0 Å². The van der Waals surface area contributed by atoms with Gasteiger partial charge in [0.25, 0.3) is 0 Å². The molecule has 0 saturated carbocycles. The van der Waals surface area contributed by atoms with Gasteiger partial charge in [-0.3, -0.25) is 4.98 Å². The Labute approximate surface area is 118 Å². The standard InChI is InChI=1S/C14H19N5O/c1-2-5-12-17-13(19-15)10-14(18-12)20-9-7-11-6-3-4-8-16-11/h3-4,6,8,10H,2,5,7,9,15H2,1H3,(H,17,18,19). The van der Waals surface area contributed by atoms with Gasteiger partial charge in [-0.2, -0.15) is 4.98 Å². The number of ether oxygens (including phenoxy) is 1. The average Bonchev–Trinajstić information content (AvgIpc) is 2.48. The van der Waals surface area contributed by atoms with Crippen LogP contribution >= 0.6 is 0 Å². The molecule has 0 amide bonds. The predicted octanol–water partition coefficient (Wildman–Crippen LogP) is 1.73. The molecule has 0 aliphatic heterocycles. The molecule has 6 nitrogen and oxygen atoms in total. The van der Waals surface area contributed by atoms with Gasteiger partial charge in [0, 0.05) is 30.8 Å². The fourth-order valence-electron chi connectivity index (χ4n) is 1.76. The zero-order valence-electron chi connectivity index (χ0n) is 11.5. The van der Waals surface area contributed by atoms with Crippen LogP contribution in [0.5, 0.6) is 5.88 Å². The molecule has 0 radical (unpaired) electrons. The zero-order valence-corrected chi connectivity index (χ0v) is 11.5. The number of aromatic nitrogens is 3. The Kier molecular flexibility index (Phi) is 5.25. The van der Waals surface area contributed by atoms with Crippen molar-refractivity contribution in [1.29, 1.82) is 0 Å². The number of aryl methyl sites for hydroxylation is 1. The van der Waals surface area contributed by atoms with Gasteiger partial charge in [-0.1, -0.05) is 13.0 Å². The summed E-state index contributed by atoms with van der Waals surface area (Å²) in [5.74, 6) is 7.23. The number of nitrogens with two attached hydrogens (primary N) is 1. The van der Waals surface area contributed by atoms with E-state index in [1.807, 2.05) is 18.2 Å². The highest BCUT2D eigenvalue weighted by Gasteiger charge is 2.05. The zero-order chi connectivity index (χ0) is 14.2. The van der Waals surface area contributed by atoms with Gasteiger partial charge in [0.2, 0.25) is 5.88 Å². The van der Waals surface area contributed by atoms with E-state index in [4.69, 9.17) is 10.6 Å². The molecule has 2 heterocycles. The smallest absolute Gasteiger partial charge is 0.218 e. The molecule has 0 aromatic carbocycles. The van der Waals surface area contributed by atoms with Crippen molar-refractivity contribution in [2.75, 3.05) is 12.0 Å². The summed E-state index contributed by atoms with van der Waals surface area (Å²) in [6, 6.07) is 7.52. The molecule has 2 rings (SSSR count). The van der Waals surface area contributed by atoms with Crippen molar-refractivity contribution < 1.29 is 4.74 Å². The second kappa shape index (κ2) is 7.40. The molecule has 0 bridgehead atoms. The number of nitrogens with zero attached hydrogens (tertiary/aromatic N) is 3. The van der Waals surface area contributed by atoms with Crippen LogP contribution in [0.3, 0.4) is 0 Å². The minimum Gasteiger partial charge on any atom is -0.477 e. The van der Waals surface area contributed by atoms with Gasteiger partial charge in [-0.15, -0.1) is 0 Å². The van der Waals surface area contributed by atoms with E-state index in [0.717, 1.165) is 30.8 Å². The van der Waals surface area contributed by atoms with E-state index in [1.165, 1.54) is 0 Å². The Hall–Kier alpha value is -2.21. The lowest BCUT2D eigenvalue weighted by molar-refractivity contribution is 0.306. The molecule has 3 N–H and O–H groups in total. The van der Waals surface area contributed by atoms with Crippen LogP contribution in [0, 0.1) is 0 Å². The molecule has 106 valence electrons. The molecule has 0 aliphatic rings. The summed E-state index contributed by atoms with van der Waals surface area (Å²) < 4.78 is 5.65. The van der Waals surface area contributed by atoms with E-state index in [-0.39, 0.29) is 0 Å². The first-order valence-corrected chi connectivity index (χ1v) is 6.69. The molecule has 2 aromatic rings. The predicted molar refractivity (Wildman–Crippen MR) is 77.3 cm³/mol. The highest BCUT2D eigenvalue weighted by molar-refractivity contribution is 5.37. The quantitative estimate of drug-likeness (QED) is 0.590. The lowest BCUT2D eigenvalue weighted by Gasteiger charge is -2.08. The van der Waals surface area contributed by atoms with Crippen LogP contribution in [0.1, 0.15) is 24.9 Å². The van der Waals surface area contributed by atoms with Crippen LogP contribution in [-0.2, 0) is 12.8 Å². The Morgan fingerprint density at radius 2 is 2.15 bits per heavy atom. The van der Waals surface area contributed by atoms with Crippen molar-refractivity contribution in [3.05, 3.63) is 42.0 Å². The molecule has 20 heavy (non-hydrogen) atoms. The highest BCUT2D eigenvalue weighted by Crippen LogP contribution is 2.14. The van der Waals surface area contributed by atoms with E-state index in [2.05, 4.69) is 27.3 Å². The number of pyridine rings is 1. The van der Waals surface area contributed by atoms with Crippen molar-refractivity contribution in [3.8, 4) is 5.88 Å². The number of nitrogen functional groups attached to an aromatic ring is 1. The molecule has 0 unspecified atom stereocenters. The van der Waals surface area contributed by atoms with Gasteiger partial charge >= 0.3 is 0 Å². The summed E-state index contributed by atoms with van der Waals surface area (Å²) in [7, 11) is 0. The third-order valence-electron chi connectivity index (χ3n) is 2.70. The number of nitrogens with one attached hydrogen (secondary N) is 1. The van der Waals surface area contributed by atoms with Gasteiger partial charge in [-0.25, -0.2) is 10.8 Å². The first-order chi connectivity index (χ1) is 9.81. The van der Waals surface area contributed by atoms with Crippen molar-refractivity contribution in [3.63, 3.8) is 0 Å². The largest absolute Gasteiger partial charge is 0.477 e. The maximum atomic E-state index is 5.65. The number of hydrazine groups is 1. The van der Waals surface area contributed by atoms with Crippen LogP contribution < -0.4 is 16.0 Å². The number of hydrogen-bond acceptors (Lipinski definition) is 6. The third-order valence-corrected chi connectivity index (χ3v) is 2.70. The van der Waals surface area contributed by atoms with Gasteiger partial charge in [0.05, 0.1) is 6.61 Å². The van der Waals surface area contributed by atoms with E-state index in [9.17, 15) is 0 Å². The van der Waals surface area contributed by atoms with Crippen LogP contribution in [0.4, 0.5) is 5.82 Å². The Morgan fingerprint density at radius 1 is 1.25 bits per heavy atom. The van der Waals surface area contributed by atoms with Crippen molar-refractivity contribution in [2.24, 2.45) is 5.84 Å². The van der Waals surface area contributed by atoms with E-state index in [0.29, 0.717) is 18.3 Å². The monoisotopic (exact) mass is 273 g/mol. The maximum Gasteiger partial charge on any atom is 0.218 e. The topological polar surface area (TPSA) is 86.0 Å². The highest BCUT2D eigenvalue weighted by atomic mass is 16.5. The molecule has 0 spiro atoms. The molecule has 6 heteroatoms. The molecular formula is C14H19N5O. The minimum absolute atomic E-state index is 0.517. The summed E-state index contributed by atoms with van der Waals surface area (Å²) >= 11 is 0. The molecule has 2 aromatic heterocycles. The summed E-state index contributed by atoms with van der Waals surface area (Å²) in [5, 5.41) is 0. The Balaban J connectivity index is 1.96. The van der Waals surface area contributed by atoms with Gasteiger partial charge in [0.1, 0.15) is 11.6 Å². The summed E-state index contributed by atoms with van der Waals surface area (Å²) in [6.07, 6.45) is 4.28. The molecule has 0 aliphatic carbocycles. The van der Waals surface area contributed by atoms with Crippen LogP contribution in [0.25, 0.3) is 0 Å². The molecule has 0 atom stereocenters. The average molecular weight is 273 g/mol. The van der Waals surface area contributed by atoms with E-state index < -0.39 is 0 Å². The summed E-state index contributed by atoms with van der Waals surface area (Å²) in [5.41, 5.74) is 3.52. The van der Waals surface area contributed by atoms with E-state index >= 15 is 0 Å². The van der Waals surface area contributed by atoms with Gasteiger partial charge in [-0.05, 0) is 18.6 Å². The normalized spacial score (nSPS) is 10.3. The number of anilines is 1. The van der Waals surface area contributed by atoms with Crippen LogP contribution in [0.2, 0.25) is 0 Å². The van der Waals surface area contributed by atoms with Crippen LogP contribution in [-0.4, -0.2) is 21.6 Å². The van der Waals surface area contributed by atoms with Crippen molar-refractivity contribution in [2.45, 2.75) is 26.2 Å². The van der Waals surface area contributed by atoms with Crippen molar-refractivity contribution in [1.82, 2.24) is 15.0 Å². The Morgan fingerprint density at radius 3 is 2.85 bits per heavy atom. The fourth-order valence-corrected chi connectivity index (χ4v) is 1.76. The third kappa shape index (κ3) is 4.17. The first-order valence-electron chi connectivity index (χ1n) is 6.69. The number of rotatable bonds is 7. The lowest BCUT2D eigenvalue weighted by atomic mass is 10.3. The molecule has 0 fully saturated rings. The first kappa shape index (κ1) is 14.2. The second-order valence-electron chi connectivity index (χ2n) is 4.32. The summed E-state index contributed by atoms with van der Waals surface area (Å²) in [6.45, 7) is 2.59. The Bertz CT molecular complexity index is 532. The fraction of sp³-hybridized carbons (Fsp3) is 0.357. The molecular weight excluding hydrogens is 254 g/mol. The SMILES string of the molecule is CCCc1nc(NN)cc(OCCc2ccccn2)n1. The van der Waals surface area contributed by atoms with E-state index in [1.54, 1.807) is 12.3 Å². The van der Waals surface area contributed by atoms with Crippen LogP contribution in [0.15, 0.2) is 30.5 Å². The van der Waals surface area contributed by atoms with Crippen molar-refractivity contribution >= 4 is 5.82 Å². The number of hydrogen-bond donors (Lipinski definition) is 2.